The lowest BCUT2D eigenvalue weighted by molar-refractivity contribution is -0.0174. The summed E-state index contributed by atoms with van der Waals surface area (Å²) in [4.78, 5) is 13.9. The number of pyridine rings is 1. The van der Waals surface area contributed by atoms with Gasteiger partial charge in [0.1, 0.15) is 5.82 Å². The average molecular weight is 516 g/mol. The number of morpholine rings is 1. The van der Waals surface area contributed by atoms with Crippen LogP contribution < -0.4 is 15.5 Å². The fourth-order valence-corrected chi connectivity index (χ4v) is 4.04. The van der Waals surface area contributed by atoms with Crippen molar-refractivity contribution in [3.05, 3.63) is 23.9 Å². The summed E-state index contributed by atoms with van der Waals surface area (Å²) >= 11 is 0. The van der Waals surface area contributed by atoms with Gasteiger partial charge in [0, 0.05) is 57.5 Å². The van der Waals surface area contributed by atoms with Crippen LogP contribution in [0.3, 0.4) is 0 Å². The lowest BCUT2D eigenvalue weighted by atomic mass is 10.1. The number of guanidine groups is 1. The zero-order valence-electron chi connectivity index (χ0n) is 18.2. The zero-order valence-corrected chi connectivity index (χ0v) is 20.6. The molecule has 2 saturated heterocycles. The first-order chi connectivity index (χ1) is 13.6. The molecular weight excluding hydrogens is 479 g/mol. The monoisotopic (exact) mass is 516 g/mol. The summed E-state index contributed by atoms with van der Waals surface area (Å²) in [6, 6.07) is 5.63. The number of aryl methyl sites for hydroxylation is 1. The van der Waals surface area contributed by atoms with E-state index in [2.05, 4.69) is 63.3 Å². The molecule has 1 aromatic heterocycles. The number of hydrogen-bond acceptors (Lipinski definition) is 5. The van der Waals surface area contributed by atoms with E-state index in [-0.39, 0.29) is 24.0 Å². The highest BCUT2D eigenvalue weighted by Crippen LogP contribution is 2.18. The fourth-order valence-electron chi connectivity index (χ4n) is 4.04. The minimum Gasteiger partial charge on any atom is -0.379 e. The number of nitrogens with one attached hydrogen (secondary N) is 2. The Morgan fingerprint density at radius 1 is 1.31 bits per heavy atom. The van der Waals surface area contributed by atoms with Crippen molar-refractivity contribution >= 4 is 35.8 Å². The summed E-state index contributed by atoms with van der Waals surface area (Å²) in [5, 5.41) is 7.12. The van der Waals surface area contributed by atoms with Crippen molar-refractivity contribution in [3.63, 3.8) is 0 Å². The first-order valence-corrected chi connectivity index (χ1v) is 10.5. The number of hydrogen-bond donors (Lipinski definition) is 2. The van der Waals surface area contributed by atoms with Gasteiger partial charge in [-0.3, -0.25) is 9.89 Å². The molecule has 2 fully saturated rings. The zero-order chi connectivity index (χ0) is 19.9. The van der Waals surface area contributed by atoms with Gasteiger partial charge < -0.3 is 20.3 Å². The van der Waals surface area contributed by atoms with E-state index in [0.717, 1.165) is 64.0 Å². The van der Waals surface area contributed by atoms with Crippen LogP contribution >= 0.6 is 24.0 Å². The van der Waals surface area contributed by atoms with E-state index >= 15 is 0 Å². The Kier molecular flexibility index (Phi) is 9.91. The molecule has 0 bridgehead atoms. The van der Waals surface area contributed by atoms with Gasteiger partial charge in [0.05, 0.1) is 13.2 Å². The van der Waals surface area contributed by atoms with Gasteiger partial charge in [-0.1, -0.05) is 6.07 Å². The van der Waals surface area contributed by atoms with Gasteiger partial charge in [-0.2, -0.15) is 0 Å². The maximum Gasteiger partial charge on any atom is 0.191 e. The van der Waals surface area contributed by atoms with Gasteiger partial charge >= 0.3 is 0 Å². The Bertz CT molecular complexity index is 633. The van der Waals surface area contributed by atoms with E-state index in [4.69, 9.17) is 4.74 Å². The second kappa shape index (κ2) is 11.9. The molecule has 0 amide bonds. The number of nitrogens with zero attached hydrogens (tertiary/aromatic N) is 4. The van der Waals surface area contributed by atoms with Crippen molar-refractivity contribution < 1.29 is 4.74 Å². The van der Waals surface area contributed by atoms with Gasteiger partial charge in [0.2, 0.25) is 0 Å². The van der Waals surface area contributed by atoms with Crippen molar-refractivity contribution in [2.24, 2.45) is 4.99 Å². The lowest BCUT2D eigenvalue weighted by Gasteiger charge is -2.38. The molecule has 3 heterocycles. The quantitative estimate of drug-likeness (QED) is 0.356. The third-order valence-corrected chi connectivity index (χ3v) is 5.83. The van der Waals surface area contributed by atoms with Crippen LogP contribution in [0.25, 0.3) is 0 Å². The van der Waals surface area contributed by atoms with Gasteiger partial charge in [-0.25, -0.2) is 4.98 Å². The minimum absolute atomic E-state index is 0. The Labute approximate surface area is 192 Å². The smallest absolute Gasteiger partial charge is 0.191 e. The molecule has 0 aliphatic carbocycles. The number of rotatable bonds is 5. The third-order valence-electron chi connectivity index (χ3n) is 5.83. The van der Waals surface area contributed by atoms with E-state index in [9.17, 15) is 0 Å². The second-order valence-electron chi connectivity index (χ2n) is 8.06. The molecular formula is C21H37IN6O. The standard InChI is InChI=1S/C21H36N6O.HI/c1-16-5-6-20(23-13-16)26-9-7-19(8-10-26)25-21(22-4)24-14-17(2)27-11-12-28-15-18(27)3;/h5-6,13,17-19H,7-12,14-15H2,1-4H3,(H2,22,24,25);1H. The number of piperidine rings is 1. The Morgan fingerprint density at radius 2 is 2.07 bits per heavy atom. The summed E-state index contributed by atoms with van der Waals surface area (Å²) in [6.07, 6.45) is 4.13. The van der Waals surface area contributed by atoms with Crippen LogP contribution in [0.2, 0.25) is 0 Å². The Morgan fingerprint density at radius 3 is 2.69 bits per heavy atom. The molecule has 0 saturated carbocycles. The summed E-state index contributed by atoms with van der Waals surface area (Å²) < 4.78 is 5.55. The van der Waals surface area contributed by atoms with E-state index in [0.29, 0.717) is 18.1 Å². The summed E-state index contributed by atoms with van der Waals surface area (Å²) in [5.74, 6) is 1.99. The maximum absolute atomic E-state index is 5.55. The van der Waals surface area contributed by atoms with Gasteiger partial charge in [0.15, 0.2) is 5.96 Å². The summed E-state index contributed by atoms with van der Waals surface area (Å²) in [6.45, 7) is 12.2. The number of ether oxygens (including phenoxy) is 1. The highest BCUT2D eigenvalue weighted by atomic mass is 127. The highest BCUT2D eigenvalue weighted by molar-refractivity contribution is 14.0. The van der Waals surface area contributed by atoms with Crippen LogP contribution in [0, 0.1) is 6.92 Å². The lowest BCUT2D eigenvalue weighted by Crippen LogP contribution is -2.54. The van der Waals surface area contributed by atoms with Crippen LogP contribution in [-0.2, 0) is 4.74 Å². The molecule has 2 aliphatic heterocycles. The van der Waals surface area contributed by atoms with Crippen LogP contribution in [0.1, 0.15) is 32.3 Å². The van der Waals surface area contributed by atoms with Gasteiger partial charge in [0.25, 0.3) is 0 Å². The first kappa shape index (κ1) is 24.1. The molecule has 0 aromatic carbocycles. The maximum atomic E-state index is 5.55. The van der Waals surface area contributed by atoms with Crippen molar-refractivity contribution in [1.29, 1.82) is 0 Å². The largest absolute Gasteiger partial charge is 0.379 e. The van der Waals surface area contributed by atoms with Gasteiger partial charge in [-0.05, 0) is 45.2 Å². The van der Waals surface area contributed by atoms with E-state index in [1.54, 1.807) is 0 Å². The van der Waals surface area contributed by atoms with Crippen molar-refractivity contribution in [2.75, 3.05) is 51.3 Å². The van der Waals surface area contributed by atoms with Crippen LogP contribution in [0.5, 0.6) is 0 Å². The van der Waals surface area contributed by atoms with E-state index in [1.807, 2.05) is 13.2 Å². The predicted molar refractivity (Wildman–Crippen MR) is 131 cm³/mol. The third kappa shape index (κ3) is 6.96. The Balaban J connectivity index is 0.00000300. The minimum atomic E-state index is 0. The first-order valence-electron chi connectivity index (χ1n) is 10.5. The van der Waals surface area contributed by atoms with Crippen molar-refractivity contribution in [1.82, 2.24) is 20.5 Å². The van der Waals surface area contributed by atoms with E-state index in [1.165, 1.54) is 5.56 Å². The van der Waals surface area contributed by atoms with Crippen LogP contribution in [0.4, 0.5) is 5.82 Å². The predicted octanol–water partition coefficient (Wildman–Crippen LogP) is 2.25. The average Bonchev–Trinajstić information content (AvgIpc) is 2.72. The molecule has 29 heavy (non-hydrogen) atoms. The molecule has 1 aromatic rings. The highest BCUT2D eigenvalue weighted by Gasteiger charge is 2.24. The molecule has 164 valence electrons. The molecule has 3 rings (SSSR count). The number of halogens is 1. The molecule has 0 spiro atoms. The SMILES string of the molecule is CN=C(NCC(C)N1CCOCC1C)NC1CCN(c2ccc(C)cn2)CC1.I. The topological polar surface area (TPSA) is 65.0 Å². The molecule has 8 heteroatoms. The number of anilines is 1. The number of aliphatic imine (C=N–C) groups is 1. The second-order valence-corrected chi connectivity index (χ2v) is 8.06. The van der Waals surface area contributed by atoms with Gasteiger partial charge in [-0.15, -0.1) is 24.0 Å². The normalized spacial score (nSPS) is 22.7. The van der Waals surface area contributed by atoms with E-state index < -0.39 is 0 Å². The fraction of sp³-hybridized carbons (Fsp3) is 0.714. The summed E-state index contributed by atoms with van der Waals surface area (Å²) in [5.41, 5.74) is 1.20. The number of aromatic nitrogens is 1. The summed E-state index contributed by atoms with van der Waals surface area (Å²) in [7, 11) is 1.85. The van der Waals surface area contributed by atoms with Crippen LogP contribution in [-0.4, -0.2) is 80.4 Å². The molecule has 2 unspecified atom stereocenters. The molecule has 2 atom stereocenters. The van der Waals surface area contributed by atoms with Crippen molar-refractivity contribution in [3.8, 4) is 0 Å². The Hall–Kier alpha value is -1.13. The molecule has 0 radical (unpaired) electrons. The molecule has 2 N–H and O–H groups in total. The van der Waals surface area contributed by atoms with Crippen molar-refractivity contribution in [2.45, 2.75) is 51.7 Å². The van der Waals surface area contributed by atoms with Crippen LogP contribution in [0.15, 0.2) is 23.3 Å². The molecule has 7 nitrogen and oxygen atoms in total. The molecule has 2 aliphatic rings.